The van der Waals surface area contributed by atoms with E-state index in [9.17, 15) is 9.59 Å². The Kier molecular flexibility index (Phi) is 10.1. The van der Waals surface area contributed by atoms with Crippen LogP contribution in [-0.4, -0.2) is 84.4 Å². The molecule has 0 saturated carbocycles. The Hall–Kier alpha value is -4.48. The van der Waals surface area contributed by atoms with Crippen molar-refractivity contribution < 1.29 is 14.3 Å². The van der Waals surface area contributed by atoms with Crippen molar-refractivity contribution in [2.45, 2.75) is 32.6 Å². The Morgan fingerprint density at radius 3 is 2.39 bits per heavy atom. The zero-order chi connectivity index (χ0) is 31.1. The summed E-state index contributed by atoms with van der Waals surface area (Å²) in [7, 11) is 2.13. The number of nitrogens with one attached hydrogen (secondary N) is 2. The summed E-state index contributed by atoms with van der Waals surface area (Å²) < 4.78 is 6.21. The summed E-state index contributed by atoms with van der Waals surface area (Å²) in [6.45, 7) is 10.8. The molecule has 0 radical (unpaired) electrons. The smallest absolute Gasteiger partial charge is 0.271 e. The standard InChI is InChI=1S/C33H42N8O3/c1-23(2)29-33(44-27-9-6-8-25(22-27)35-28(42)10-7-17-40-15-4-5-16-40)38-32(30(37-29)31(34)43)36-24-11-13-26(14-12-24)41-20-18-39(3)19-21-41/h6-14,22-23H,4-5,15-21H2,1-3H3,(H2,34,43)(H,35,42)(H,36,38)/b10-7+. The number of nitrogens with zero attached hydrogens (tertiary/aromatic N) is 5. The van der Waals surface area contributed by atoms with Gasteiger partial charge in [0.25, 0.3) is 5.91 Å². The number of likely N-dealkylation sites (tertiary alicyclic amines) is 1. The normalized spacial score (nSPS) is 16.0. The van der Waals surface area contributed by atoms with Crippen LogP contribution in [0.3, 0.4) is 0 Å². The average molecular weight is 599 g/mol. The molecule has 2 fully saturated rings. The number of amides is 2. The van der Waals surface area contributed by atoms with Crippen LogP contribution in [0.15, 0.2) is 60.7 Å². The SMILES string of the molecule is CC(C)c1nc(C(N)=O)c(Nc2ccc(N3CCN(C)CC3)cc2)nc1Oc1cccc(NC(=O)/C=C/CN2CCCC2)c1. The molecule has 44 heavy (non-hydrogen) atoms. The van der Waals surface area contributed by atoms with E-state index < -0.39 is 5.91 Å². The van der Waals surface area contributed by atoms with Crippen molar-refractivity contribution in [3.05, 3.63) is 72.1 Å². The molecule has 0 unspecified atom stereocenters. The van der Waals surface area contributed by atoms with E-state index in [1.165, 1.54) is 12.8 Å². The summed E-state index contributed by atoms with van der Waals surface area (Å²) in [5.74, 6) is -0.0807. The molecule has 232 valence electrons. The number of piperazine rings is 1. The molecular weight excluding hydrogens is 556 g/mol. The molecule has 0 atom stereocenters. The van der Waals surface area contributed by atoms with E-state index in [4.69, 9.17) is 10.5 Å². The van der Waals surface area contributed by atoms with Crippen molar-refractivity contribution in [3.63, 3.8) is 0 Å². The average Bonchev–Trinajstić information content (AvgIpc) is 3.52. The molecule has 3 aromatic rings. The number of likely N-dealkylation sites (N-methyl/N-ethyl adjacent to an activating group) is 1. The molecule has 3 heterocycles. The molecule has 2 saturated heterocycles. The van der Waals surface area contributed by atoms with E-state index in [2.05, 4.69) is 42.3 Å². The lowest BCUT2D eigenvalue weighted by molar-refractivity contribution is -0.111. The van der Waals surface area contributed by atoms with Crippen molar-refractivity contribution in [3.8, 4) is 11.6 Å². The molecule has 0 aliphatic carbocycles. The molecule has 2 amide bonds. The summed E-state index contributed by atoms with van der Waals surface area (Å²) in [6.07, 6.45) is 5.87. The molecule has 11 nitrogen and oxygen atoms in total. The second kappa shape index (κ2) is 14.3. The maximum atomic E-state index is 12.5. The van der Waals surface area contributed by atoms with Gasteiger partial charge in [-0.25, -0.2) is 4.98 Å². The number of nitrogens with two attached hydrogens (primary N) is 1. The highest BCUT2D eigenvalue weighted by atomic mass is 16.5. The molecule has 4 N–H and O–H groups in total. The van der Waals surface area contributed by atoms with Crippen LogP contribution >= 0.6 is 0 Å². The highest BCUT2D eigenvalue weighted by molar-refractivity contribution is 5.99. The third-order valence-corrected chi connectivity index (χ3v) is 7.82. The van der Waals surface area contributed by atoms with Gasteiger partial charge in [-0.05, 0) is 69.4 Å². The topological polar surface area (TPSA) is 129 Å². The molecule has 2 aliphatic heterocycles. The minimum atomic E-state index is -0.690. The molecule has 2 aliphatic rings. The number of anilines is 4. The van der Waals surface area contributed by atoms with Crippen LogP contribution in [0.5, 0.6) is 11.6 Å². The van der Waals surface area contributed by atoms with E-state index in [1.54, 1.807) is 30.3 Å². The molecular formula is C33H42N8O3. The first kappa shape index (κ1) is 31.0. The minimum absolute atomic E-state index is 0.0333. The van der Waals surface area contributed by atoms with Gasteiger partial charge in [0.1, 0.15) is 11.4 Å². The first-order valence-electron chi connectivity index (χ1n) is 15.3. The summed E-state index contributed by atoms with van der Waals surface area (Å²) >= 11 is 0. The van der Waals surface area contributed by atoms with E-state index >= 15 is 0 Å². The summed E-state index contributed by atoms with van der Waals surface area (Å²) in [5, 5.41) is 6.10. The number of rotatable bonds is 11. The van der Waals surface area contributed by atoms with Crippen LogP contribution in [-0.2, 0) is 4.79 Å². The van der Waals surface area contributed by atoms with Crippen LogP contribution in [0.2, 0.25) is 0 Å². The summed E-state index contributed by atoms with van der Waals surface area (Å²) in [6, 6.07) is 15.1. The van der Waals surface area contributed by atoms with Gasteiger partial charge in [-0.15, -0.1) is 0 Å². The number of carbonyl (C=O) groups is 2. The number of primary amides is 1. The van der Waals surface area contributed by atoms with Crippen molar-refractivity contribution in [2.75, 3.05) is 68.4 Å². The Morgan fingerprint density at radius 1 is 0.977 bits per heavy atom. The fourth-order valence-corrected chi connectivity index (χ4v) is 5.31. The van der Waals surface area contributed by atoms with Gasteiger partial charge in [-0.2, -0.15) is 4.98 Å². The van der Waals surface area contributed by atoms with Gasteiger partial charge in [0.05, 0.1) is 0 Å². The van der Waals surface area contributed by atoms with Crippen molar-refractivity contribution in [1.82, 2.24) is 19.8 Å². The maximum absolute atomic E-state index is 12.5. The monoisotopic (exact) mass is 598 g/mol. The van der Waals surface area contributed by atoms with Gasteiger partial charge < -0.3 is 30.9 Å². The summed E-state index contributed by atoms with van der Waals surface area (Å²) in [4.78, 5) is 41.2. The lowest BCUT2D eigenvalue weighted by atomic mass is 10.1. The molecule has 2 aromatic carbocycles. The lowest BCUT2D eigenvalue weighted by Crippen LogP contribution is -2.44. The third kappa shape index (κ3) is 8.12. The highest BCUT2D eigenvalue weighted by Crippen LogP contribution is 2.32. The van der Waals surface area contributed by atoms with E-state index in [-0.39, 0.29) is 29.2 Å². The molecule has 11 heteroatoms. The molecule has 1 aromatic heterocycles. The second-order valence-electron chi connectivity index (χ2n) is 11.6. The second-order valence-corrected chi connectivity index (χ2v) is 11.6. The van der Waals surface area contributed by atoms with E-state index in [0.717, 1.165) is 57.2 Å². The quantitative estimate of drug-likeness (QED) is 0.272. The van der Waals surface area contributed by atoms with Crippen LogP contribution in [0.1, 0.15) is 48.8 Å². The number of benzene rings is 2. The molecule has 0 bridgehead atoms. The van der Waals surface area contributed by atoms with Crippen molar-refractivity contribution in [2.24, 2.45) is 5.73 Å². The number of ether oxygens (including phenoxy) is 1. The van der Waals surface area contributed by atoms with Crippen LogP contribution in [0.4, 0.5) is 22.9 Å². The van der Waals surface area contributed by atoms with E-state index in [0.29, 0.717) is 17.1 Å². The van der Waals surface area contributed by atoms with Gasteiger partial charge in [-0.1, -0.05) is 26.0 Å². The Morgan fingerprint density at radius 2 is 1.70 bits per heavy atom. The van der Waals surface area contributed by atoms with Gasteiger partial charge in [0, 0.05) is 67.8 Å². The van der Waals surface area contributed by atoms with Crippen molar-refractivity contribution in [1.29, 1.82) is 0 Å². The predicted molar refractivity (Wildman–Crippen MR) is 174 cm³/mol. The van der Waals surface area contributed by atoms with Gasteiger partial charge in [0.2, 0.25) is 11.8 Å². The van der Waals surface area contributed by atoms with Crippen molar-refractivity contribution >= 4 is 34.7 Å². The first-order chi connectivity index (χ1) is 21.2. The Balaban J connectivity index is 1.32. The largest absolute Gasteiger partial charge is 0.437 e. The number of aromatic nitrogens is 2. The molecule has 0 spiro atoms. The number of hydrogen-bond donors (Lipinski definition) is 3. The van der Waals surface area contributed by atoms with Crippen LogP contribution in [0.25, 0.3) is 0 Å². The van der Waals surface area contributed by atoms with Gasteiger partial charge in [-0.3, -0.25) is 14.5 Å². The lowest BCUT2D eigenvalue weighted by Gasteiger charge is -2.34. The summed E-state index contributed by atoms with van der Waals surface area (Å²) in [5.41, 5.74) is 8.72. The Bertz CT molecular complexity index is 1480. The fourth-order valence-electron chi connectivity index (χ4n) is 5.31. The van der Waals surface area contributed by atoms with Crippen LogP contribution < -0.4 is 26.0 Å². The number of carbonyl (C=O) groups excluding carboxylic acids is 2. The maximum Gasteiger partial charge on any atom is 0.271 e. The van der Waals surface area contributed by atoms with Crippen LogP contribution in [0, 0.1) is 0 Å². The predicted octanol–water partition coefficient (Wildman–Crippen LogP) is 4.58. The van der Waals surface area contributed by atoms with Gasteiger partial charge >= 0.3 is 0 Å². The van der Waals surface area contributed by atoms with E-state index in [1.807, 2.05) is 44.2 Å². The third-order valence-electron chi connectivity index (χ3n) is 7.82. The first-order valence-corrected chi connectivity index (χ1v) is 15.3. The fraction of sp³-hybridized carbons (Fsp3) is 0.394. The Labute approximate surface area is 259 Å². The molecule has 5 rings (SSSR count). The zero-order valence-electron chi connectivity index (χ0n) is 25.8. The number of hydrogen-bond acceptors (Lipinski definition) is 9. The van der Waals surface area contributed by atoms with Gasteiger partial charge in [0.15, 0.2) is 11.5 Å². The highest BCUT2D eigenvalue weighted by Gasteiger charge is 2.22. The zero-order valence-corrected chi connectivity index (χ0v) is 25.8. The minimum Gasteiger partial charge on any atom is -0.437 e.